The van der Waals surface area contributed by atoms with Crippen LogP contribution in [-0.2, 0) is 0 Å². The number of para-hydroxylation sites is 2. The Labute approximate surface area is 309 Å². The summed E-state index contributed by atoms with van der Waals surface area (Å²) in [5, 5.41) is 10.0. The van der Waals surface area contributed by atoms with Gasteiger partial charge in [0.15, 0.2) is 0 Å². The zero-order valence-electron chi connectivity index (χ0n) is 28.4. The van der Waals surface area contributed by atoms with Gasteiger partial charge in [-0.3, -0.25) is 4.67 Å². The predicted octanol–water partition coefficient (Wildman–Crippen LogP) is 9.26. The van der Waals surface area contributed by atoms with Crippen LogP contribution in [-0.4, -0.2) is 25.7 Å². The van der Waals surface area contributed by atoms with E-state index in [1.54, 1.807) is 6.07 Å². The average molecular weight is 689 g/mol. The van der Waals surface area contributed by atoms with Gasteiger partial charge < -0.3 is 4.42 Å². The summed E-state index contributed by atoms with van der Waals surface area (Å²) in [6.45, 7) is 0. The molecule has 4 nitrogen and oxygen atoms in total. The summed E-state index contributed by atoms with van der Waals surface area (Å²) in [5.41, 5.74) is 8.66. The van der Waals surface area contributed by atoms with E-state index < -0.39 is 8.07 Å². The summed E-state index contributed by atoms with van der Waals surface area (Å²) in [4.78, 5) is 11.0. The van der Waals surface area contributed by atoms with E-state index in [4.69, 9.17) is 30.1 Å². The molecule has 0 aliphatic carbocycles. The number of benzene rings is 8. The Balaban J connectivity index is 1.37. The second-order valence-corrected chi connectivity index (χ2v) is 15.5. The molecule has 1 unspecified atom stereocenters. The van der Waals surface area contributed by atoms with Crippen LogP contribution in [0.2, 0.25) is 0 Å². The molecule has 1 aliphatic rings. The van der Waals surface area contributed by atoms with Crippen molar-refractivity contribution in [3.63, 3.8) is 0 Å². The fourth-order valence-corrected chi connectivity index (χ4v) is 10.7. The number of furan rings is 1. The Morgan fingerprint density at radius 2 is 1.26 bits per heavy atom. The van der Waals surface area contributed by atoms with Gasteiger partial charge in [-0.15, -0.1) is 0 Å². The van der Waals surface area contributed by atoms with Gasteiger partial charge in [-0.05, 0) is 33.9 Å². The van der Waals surface area contributed by atoms with Gasteiger partial charge in [-0.1, -0.05) is 157 Å². The number of anilines is 2. The molecule has 2 aromatic heterocycles. The maximum Gasteiger partial charge on any atom is 0.235 e. The minimum Gasteiger partial charge on any atom is -0.455 e. The first-order valence-corrected chi connectivity index (χ1v) is 18.9. The van der Waals surface area contributed by atoms with Crippen molar-refractivity contribution in [2.24, 2.45) is 0 Å². The maximum atomic E-state index is 6.83. The number of nitrogens with zero attached hydrogens (tertiary/aromatic N) is 3. The van der Waals surface area contributed by atoms with Crippen LogP contribution in [0.3, 0.4) is 0 Å². The molecule has 4 radical (unpaired) electrons. The van der Waals surface area contributed by atoms with Crippen molar-refractivity contribution in [3.8, 4) is 22.4 Å². The third-order valence-corrected chi connectivity index (χ3v) is 12.8. The van der Waals surface area contributed by atoms with Crippen LogP contribution >= 0.6 is 8.07 Å². The minimum atomic E-state index is -1.28. The highest BCUT2D eigenvalue weighted by atomic mass is 31.1. The van der Waals surface area contributed by atoms with E-state index in [-0.39, 0.29) is 0 Å². The summed E-state index contributed by atoms with van der Waals surface area (Å²) in [6, 6.07) is 54.8. The number of hydrogen-bond donors (Lipinski definition) is 0. The molecular formula is C46H26B2N3OP. The maximum absolute atomic E-state index is 6.83. The Bertz CT molecular complexity index is 3130. The molecule has 0 saturated carbocycles. The molecule has 7 heteroatoms. The van der Waals surface area contributed by atoms with Crippen LogP contribution < -0.4 is 26.2 Å². The topological polar surface area (TPSA) is 42.2 Å². The molecule has 0 fully saturated rings. The Kier molecular flexibility index (Phi) is 6.68. The van der Waals surface area contributed by atoms with Crippen molar-refractivity contribution in [2.45, 2.75) is 0 Å². The van der Waals surface area contributed by atoms with Crippen molar-refractivity contribution >= 4 is 111 Å². The summed E-state index contributed by atoms with van der Waals surface area (Å²) in [5.74, 6) is 0.590. The Morgan fingerprint density at radius 3 is 2.09 bits per heavy atom. The molecule has 8 aromatic carbocycles. The second kappa shape index (κ2) is 11.6. The fraction of sp³-hybridized carbons (Fsp3) is 0. The highest BCUT2D eigenvalue weighted by Crippen LogP contribution is 2.61. The molecule has 1 aliphatic heterocycles. The number of aromatic nitrogens is 2. The molecule has 0 bridgehead atoms. The molecule has 0 saturated heterocycles. The summed E-state index contributed by atoms with van der Waals surface area (Å²) in [7, 11) is 11.6. The molecular weight excluding hydrogens is 663 g/mol. The predicted molar refractivity (Wildman–Crippen MR) is 225 cm³/mol. The van der Waals surface area contributed by atoms with Crippen LogP contribution in [0.25, 0.3) is 76.8 Å². The van der Waals surface area contributed by atoms with E-state index in [0.717, 1.165) is 66.1 Å². The fourth-order valence-electron chi connectivity index (χ4n) is 8.17. The van der Waals surface area contributed by atoms with Crippen molar-refractivity contribution in [3.05, 3.63) is 158 Å². The van der Waals surface area contributed by atoms with Crippen molar-refractivity contribution in [1.82, 2.24) is 9.97 Å². The lowest BCUT2D eigenvalue weighted by Crippen LogP contribution is -2.31. The summed E-state index contributed by atoms with van der Waals surface area (Å²) in [6.07, 6.45) is 0. The van der Waals surface area contributed by atoms with Gasteiger partial charge in [0.1, 0.15) is 26.9 Å². The first kappa shape index (κ1) is 30.4. The summed E-state index contributed by atoms with van der Waals surface area (Å²) >= 11 is 0. The molecule has 11 rings (SSSR count). The largest absolute Gasteiger partial charge is 0.455 e. The molecule has 242 valence electrons. The highest BCUT2D eigenvalue weighted by Gasteiger charge is 2.40. The smallest absolute Gasteiger partial charge is 0.235 e. The van der Waals surface area contributed by atoms with Gasteiger partial charge in [0, 0.05) is 37.9 Å². The van der Waals surface area contributed by atoms with E-state index in [2.05, 4.69) is 126 Å². The molecule has 53 heavy (non-hydrogen) atoms. The molecule has 0 amide bonds. The SMILES string of the molecule is [B]c1ccc(-c2nc(N3c4c(c5ccccc5c5oc6ccccc6c45)-c4c(ccc5ccccc45)P3c3ccccc3)nc3ccccc23)c([B])c1. The van der Waals surface area contributed by atoms with Crippen molar-refractivity contribution < 1.29 is 4.42 Å². The van der Waals surface area contributed by atoms with Crippen LogP contribution in [0.5, 0.6) is 0 Å². The van der Waals surface area contributed by atoms with Gasteiger partial charge in [-0.2, -0.15) is 0 Å². The van der Waals surface area contributed by atoms with Crippen LogP contribution in [0.4, 0.5) is 11.6 Å². The van der Waals surface area contributed by atoms with Gasteiger partial charge in [0.25, 0.3) is 0 Å². The molecule has 0 N–H and O–H groups in total. The summed E-state index contributed by atoms with van der Waals surface area (Å²) < 4.78 is 9.25. The third kappa shape index (κ3) is 4.49. The lowest BCUT2D eigenvalue weighted by molar-refractivity contribution is 0.673. The Hall–Kier alpha value is -6.22. The number of fused-ring (bicyclic) bond motifs is 13. The van der Waals surface area contributed by atoms with E-state index in [1.807, 2.05) is 30.3 Å². The molecule has 1 atom stereocenters. The zero-order chi connectivity index (χ0) is 35.2. The van der Waals surface area contributed by atoms with E-state index in [9.17, 15) is 0 Å². The van der Waals surface area contributed by atoms with Gasteiger partial charge in [0.05, 0.1) is 30.4 Å². The van der Waals surface area contributed by atoms with Crippen molar-refractivity contribution in [1.29, 1.82) is 0 Å². The van der Waals surface area contributed by atoms with Crippen LogP contribution in [0.15, 0.2) is 162 Å². The normalized spacial score (nSPS) is 14.0. The van der Waals surface area contributed by atoms with E-state index >= 15 is 0 Å². The number of hydrogen-bond acceptors (Lipinski definition) is 4. The molecule has 10 aromatic rings. The van der Waals surface area contributed by atoms with E-state index in [0.29, 0.717) is 16.9 Å². The van der Waals surface area contributed by atoms with Crippen molar-refractivity contribution in [2.75, 3.05) is 4.67 Å². The third-order valence-electron chi connectivity index (χ3n) is 10.4. The minimum absolute atomic E-state index is 0.565. The van der Waals surface area contributed by atoms with Gasteiger partial charge >= 0.3 is 0 Å². The molecule has 3 heterocycles. The monoisotopic (exact) mass is 689 g/mol. The first-order valence-electron chi connectivity index (χ1n) is 17.6. The van der Waals surface area contributed by atoms with Crippen LogP contribution in [0, 0.1) is 0 Å². The van der Waals surface area contributed by atoms with Gasteiger partial charge in [-0.25, -0.2) is 9.97 Å². The van der Waals surface area contributed by atoms with Gasteiger partial charge in [0.2, 0.25) is 5.95 Å². The zero-order valence-corrected chi connectivity index (χ0v) is 29.3. The Morgan fingerprint density at radius 1 is 0.566 bits per heavy atom. The number of rotatable bonds is 3. The lowest BCUT2D eigenvalue weighted by atomic mass is 9.82. The lowest BCUT2D eigenvalue weighted by Gasteiger charge is -2.40. The highest BCUT2D eigenvalue weighted by molar-refractivity contribution is 7.75. The second-order valence-electron chi connectivity index (χ2n) is 13.4. The standard InChI is InChI=1S/C46H26B2N3OP/c47-28-23-24-33(36(48)26-28)43-34-18-8-10-20-37(34)49-46(50-43)51-44-41(31-16-6-7-17-32(31)45-42(44)35-19-9-11-21-38(35)52-45)40-30-15-5-4-12-27(30)22-25-39(40)53(51)29-13-2-1-3-14-29/h1-26H. The van der Waals surface area contributed by atoms with E-state index in [1.165, 1.54) is 26.9 Å². The van der Waals surface area contributed by atoms with Crippen LogP contribution in [0.1, 0.15) is 0 Å². The quantitative estimate of drug-likeness (QED) is 0.137. The molecule has 0 spiro atoms. The average Bonchev–Trinajstić information content (AvgIpc) is 3.60. The first-order chi connectivity index (χ1) is 26.1.